The lowest BCUT2D eigenvalue weighted by atomic mass is 10.0. The molecule has 1 unspecified atom stereocenters. The Hall–Kier alpha value is -2.82. The fraction of sp³-hybridized carbons (Fsp3) is 0.391. The van der Waals surface area contributed by atoms with E-state index in [1.807, 2.05) is 36.4 Å². The highest BCUT2D eigenvalue weighted by atomic mass is 16.5. The third kappa shape index (κ3) is 4.71. The summed E-state index contributed by atoms with van der Waals surface area (Å²) in [5, 5.41) is 2.82. The van der Waals surface area contributed by atoms with Crippen molar-refractivity contribution in [3.8, 4) is 5.75 Å². The molecule has 0 radical (unpaired) electrons. The van der Waals surface area contributed by atoms with Crippen LogP contribution in [-0.4, -0.2) is 25.0 Å². The number of benzene rings is 2. The summed E-state index contributed by atoms with van der Waals surface area (Å²) in [5.41, 5.74) is 3.00. The average Bonchev–Trinajstić information content (AvgIpc) is 2.95. The molecule has 2 aromatic rings. The highest BCUT2D eigenvalue weighted by molar-refractivity contribution is 6.06. The Kier molecular flexibility index (Phi) is 6.69. The van der Waals surface area contributed by atoms with E-state index < -0.39 is 6.04 Å². The number of unbranched alkanes of at least 4 members (excludes halogenated alkanes) is 1. The van der Waals surface area contributed by atoms with Crippen molar-refractivity contribution in [2.45, 2.75) is 45.6 Å². The van der Waals surface area contributed by atoms with Gasteiger partial charge in [0.05, 0.1) is 6.61 Å². The van der Waals surface area contributed by atoms with Gasteiger partial charge in [0.15, 0.2) is 0 Å². The van der Waals surface area contributed by atoms with Crippen LogP contribution >= 0.6 is 0 Å². The lowest BCUT2D eigenvalue weighted by molar-refractivity contribution is -0.126. The molecule has 0 aromatic heterocycles. The SMILES string of the molecule is CCCCc1ccc2c(c1)C(NC(C)=O)C(=O)N2CCCOc1ccccc1. The summed E-state index contributed by atoms with van der Waals surface area (Å²) in [6.45, 7) is 4.70. The summed E-state index contributed by atoms with van der Waals surface area (Å²) in [5.74, 6) is 0.558. The number of nitrogens with zero attached hydrogens (tertiary/aromatic N) is 1. The van der Waals surface area contributed by atoms with Crippen molar-refractivity contribution >= 4 is 17.5 Å². The largest absolute Gasteiger partial charge is 0.494 e. The number of amides is 2. The molecule has 28 heavy (non-hydrogen) atoms. The Balaban J connectivity index is 1.69. The maximum atomic E-state index is 13.0. The van der Waals surface area contributed by atoms with Gasteiger partial charge in [0.2, 0.25) is 5.91 Å². The van der Waals surface area contributed by atoms with Crippen LogP contribution < -0.4 is 15.0 Å². The molecule has 2 amide bonds. The Morgan fingerprint density at radius 3 is 2.64 bits per heavy atom. The Morgan fingerprint density at radius 1 is 1.14 bits per heavy atom. The molecular weight excluding hydrogens is 352 g/mol. The maximum Gasteiger partial charge on any atom is 0.254 e. The normalized spacial score (nSPS) is 15.4. The van der Waals surface area contributed by atoms with Crippen LogP contribution in [0.5, 0.6) is 5.75 Å². The van der Waals surface area contributed by atoms with E-state index in [1.54, 1.807) is 4.90 Å². The Morgan fingerprint density at radius 2 is 1.93 bits per heavy atom. The topological polar surface area (TPSA) is 58.6 Å². The fourth-order valence-electron chi connectivity index (χ4n) is 3.53. The first-order valence-electron chi connectivity index (χ1n) is 9.99. The van der Waals surface area contributed by atoms with Gasteiger partial charge < -0.3 is 15.0 Å². The molecule has 1 N–H and O–H groups in total. The monoisotopic (exact) mass is 380 g/mol. The molecule has 0 spiro atoms. The molecule has 0 bridgehead atoms. The lowest BCUT2D eigenvalue weighted by Crippen LogP contribution is -2.37. The molecule has 1 atom stereocenters. The summed E-state index contributed by atoms with van der Waals surface area (Å²) in [6, 6.07) is 15.2. The number of anilines is 1. The minimum atomic E-state index is -0.593. The molecule has 0 aliphatic carbocycles. The van der Waals surface area contributed by atoms with E-state index in [-0.39, 0.29) is 11.8 Å². The van der Waals surface area contributed by atoms with E-state index in [0.717, 1.165) is 36.3 Å². The minimum absolute atomic E-state index is 0.0717. The van der Waals surface area contributed by atoms with Crippen LogP contribution in [-0.2, 0) is 16.0 Å². The number of ether oxygens (including phenoxy) is 1. The summed E-state index contributed by atoms with van der Waals surface area (Å²) in [6.07, 6.45) is 3.93. The van der Waals surface area contributed by atoms with Gasteiger partial charge in [0.1, 0.15) is 11.8 Å². The Labute approximate surface area is 166 Å². The van der Waals surface area contributed by atoms with Crippen molar-refractivity contribution in [2.75, 3.05) is 18.1 Å². The van der Waals surface area contributed by atoms with Crippen molar-refractivity contribution in [2.24, 2.45) is 0 Å². The van der Waals surface area contributed by atoms with E-state index in [2.05, 4.69) is 24.4 Å². The quantitative estimate of drug-likeness (QED) is 0.669. The molecular formula is C23H28N2O3. The van der Waals surface area contributed by atoms with Gasteiger partial charge >= 0.3 is 0 Å². The van der Waals surface area contributed by atoms with Gasteiger partial charge in [-0.2, -0.15) is 0 Å². The van der Waals surface area contributed by atoms with Crippen LogP contribution in [0.2, 0.25) is 0 Å². The molecule has 5 nitrogen and oxygen atoms in total. The number of aryl methyl sites for hydroxylation is 1. The van der Waals surface area contributed by atoms with E-state index in [0.29, 0.717) is 19.6 Å². The minimum Gasteiger partial charge on any atom is -0.494 e. The summed E-state index contributed by atoms with van der Waals surface area (Å²) in [4.78, 5) is 26.4. The molecule has 0 saturated heterocycles. The number of hydrogen-bond donors (Lipinski definition) is 1. The molecule has 1 aliphatic rings. The summed E-state index contributed by atoms with van der Waals surface area (Å²) < 4.78 is 5.74. The predicted octanol–water partition coefficient (Wildman–Crippen LogP) is 4.02. The van der Waals surface area contributed by atoms with Gasteiger partial charge in [0.25, 0.3) is 5.91 Å². The number of fused-ring (bicyclic) bond motifs is 1. The number of carbonyl (C=O) groups is 2. The van der Waals surface area contributed by atoms with Crippen molar-refractivity contribution in [1.82, 2.24) is 5.32 Å². The molecule has 5 heteroatoms. The number of nitrogens with one attached hydrogen (secondary N) is 1. The third-order valence-corrected chi connectivity index (χ3v) is 4.91. The first kappa shape index (κ1) is 19.9. The molecule has 1 heterocycles. The highest BCUT2D eigenvalue weighted by Crippen LogP contribution is 2.37. The van der Waals surface area contributed by atoms with Crippen molar-refractivity contribution in [1.29, 1.82) is 0 Å². The second-order valence-electron chi connectivity index (χ2n) is 7.14. The predicted molar refractivity (Wildman–Crippen MR) is 111 cm³/mol. The maximum absolute atomic E-state index is 13.0. The highest BCUT2D eigenvalue weighted by Gasteiger charge is 2.37. The van der Waals surface area contributed by atoms with Crippen LogP contribution in [0, 0.1) is 0 Å². The second kappa shape index (κ2) is 9.40. The number of rotatable bonds is 9. The fourth-order valence-corrected chi connectivity index (χ4v) is 3.53. The lowest BCUT2D eigenvalue weighted by Gasteiger charge is -2.18. The van der Waals surface area contributed by atoms with Gasteiger partial charge in [0, 0.05) is 24.7 Å². The number of para-hydroxylation sites is 1. The van der Waals surface area contributed by atoms with Crippen LogP contribution in [0.3, 0.4) is 0 Å². The standard InChI is InChI=1S/C23H28N2O3/c1-3-4-9-18-12-13-21-20(16-18)22(24-17(2)26)23(27)25(21)14-8-15-28-19-10-6-5-7-11-19/h5-7,10-13,16,22H,3-4,8-9,14-15H2,1-2H3,(H,24,26). The zero-order valence-electron chi connectivity index (χ0n) is 16.6. The smallest absolute Gasteiger partial charge is 0.254 e. The van der Waals surface area contributed by atoms with Crippen molar-refractivity contribution in [3.63, 3.8) is 0 Å². The molecule has 2 aromatic carbocycles. The van der Waals surface area contributed by atoms with Gasteiger partial charge in [-0.1, -0.05) is 43.7 Å². The molecule has 0 fully saturated rings. The molecule has 3 rings (SSSR count). The molecule has 0 saturated carbocycles. The van der Waals surface area contributed by atoms with Crippen LogP contribution in [0.25, 0.3) is 0 Å². The Bertz CT molecular complexity index is 820. The van der Waals surface area contributed by atoms with Crippen LogP contribution in [0.15, 0.2) is 48.5 Å². The van der Waals surface area contributed by atoms with Crippen molar-refractivity contribution in [3.05, 3.63) is 59.7 Å². The third-order valence-electron chi connectivity index (χ3n) is 4.91. The number of carbonyl (C=O) groups excluding carboxylic acids is 2. The molecule has 148 valence electrons. The van der Waals surface area contributed by atoms with Crippen LogP contribution in [0.1, 0.15) is 50.3 Å². The first-order chi connectivity index (χ1) is 13.6. The summed E-state index contributed by atoms with van der Waals surface area (Å²) in [7, 11) is 0. The molecule has 1 aliphatic heterocycles. The number of hydrogen-bond acceptors (Lipinski definition) is 3. The average molecular weight is 380 g/mol. The van der Waals surface area contributed by atoms with Crippen molar-refractivity contribution < 1.29 is 14.3 Å². The van der Waals surface area contributed by atoms with E-state index in [1.165, 1.54) is 12.5 Å². The van der Waals surface area contributed by atoms with E-state index in [4.69, 9.17) is 4.74 Å². The second-order valence-corrected chi connectivity index (χ2v) is 7.14. The van der Waals surface area contributed by atoms with Gasteiger partial charge in [-0.15, -0.1) is 0 Å². The zero-order chi connectivity index (χ0) is 19.9. The summed E-state index contributed by atoms with van der Waals surface area (Å²) >= 11 is 0. The van der Waals surface area contributed by atoms with Gasteiger partial charge in [-0.05, 0) is 43.0 Å². The van der Waals surface area contributed by atoms with Gasteiger partial charge in [-0.3, -0.25) is 9.59 Å². The van der Waals surface area contributed by atoms with Gasteiger partial charge in [-0.25, -0.2) is 0 Å². The van der Waals surface area contributed by atoms with E-state index >= 15 is 0 Å². The van der Waals surface area contributed by atoms with Crippen LogP contribution in [0.4, 0.5) is 5.69 Å². The van der Waals surface area contributed by atoms with E-state index in [9.17, 15) is 9.59 Å². The zero-order valence-corrected chi connectivity index (χ0v) is 16.6. The first-order valence-corrected chi connectivity index (χ1v) is 9.99.